The number of nitrogens with zero attached hydrogens (tertiary/aromatic N) is 1. The zero-order chi connectivity index (χ0) is 21.1. The van der Waals surface area contributed by atoms with Gasteiger partial charge in [-0.3, -0.25) is 0 Å². The molecule has 0 atom stereocenters. The van der Waals surface area contributed by atoms with Crippen molar-refractivity contribution < 1.29 is 17.6 Å². The van der Waals surface area contributed by atoms with Crippen molar-refractivity contribution in [1.29, 1.82) is 0 Å². The Morgan fingerprint density at radius 1 is 0.655 bits per heavy atom. The predicted octanol–water partition coefficient (Wildman–Crippen LogP) is 7.12. The number of hydrogen-bond acceptors (Lipinski definition) is 1. The molecular weight excluding hydrogens is 378 g/mol. The normalized spacial score (nSPS) is 12.1. The van der Waals surface area contributed by atoms with Gasteiger partial charge in [-0.25, -0.2) is 4.39 Å². The van der Waals surface area contributed by atoms with Crippen LogP contribution in [-0.2, 0) is 24.9 Å². The van der Waals surface area contributed by atoms with Gasteiger partial charge in [0.2, 0.25) is 0 Å². The Balaban J connectivity index is 2.08. The van der Waals surface area contributed by atoms with E-state index in [1.165, 1.54) is 19.9 Å². The summed E-state index contributed by atoms with van der Waals surface area (Å²) in [5, 5.41) is 0. The summed E-state index contributed by atoms with van der Waals surface area (Å²) in [7, 11) is 0. The van der Waals surface area contributed by atoms with E-state index in [9.17, 15) is 17.6 Å². The molecule has 0 fully saturated rings. The van der Waals surface area contributed by atoms with E-state index < -0.39 is 17.4 Å². The third-order valence-electron chi connectivity index (χ3n) is 4.73. The van der Waals surface area contributed by atoms with Crippen molar-refractivity contribution in [2.45, 2.75) is 38.8 Å². The molecule has 0 aliphatic heterocycles. The summed E-state index contributed by atoms with van der Waals surface area (Å²) in [6.07, 6.45) is -4.55. The van der Waals surface area contributed by atoms with E-state index in [1.807, 2.05) is 65.6 Å². The molecule has 0 bridgehead atoms. The second kappa shape index (κ2) is 8.27. The van der Waals surface area contributed by atoms with E-state index in [-0.39, 0.29) is 5.56 Å². The van der Waals surface area contributed by atoms with E-state index in [0.717, 1.165) is 23.3 Å². The molecule has 1 nitrogen and oxygen atoms in total. The first-order valence-corrected chi connectivity index (χ1v) is 9.37. The van der Waals surface area contributed by atoms with Gasteiger partial charge in [0.15, 0.2) is 0 Å². The number of alkyl halides is 4. The Bertz CT molecular complexity index is 855. The fraction of sp³-hybridized carbons (Fsp3) is 0.250. The molecule has 0 heterocycles. The molecular formula is C24H23F4N. The van der Waals surface area contributed by atoms with Crippen molar-refractivity contribution in [3.05, 3.63) is 101 Å². The highest BCUT2D eigenvalue weighted by Gasteiger charge is 2.33. The number of anilines is 1. The highest BCUT2D eigenvalue weighted by molar-refractivity contribution is 5.54. The summed E-state index contributed by atoms with van der Waals surface area (Å²) < 4.78 is 55.1. The van der Waals surface area contributed by atoms with Gasteiger partial charge in [-0.2, -0.15) is 13.2 Å². The van der Waals surface area contributed by atoms with Crippen molar-refractivity contribution in [3.63, 3.8) is 0 Å². The summed E-state index contributed by atoms with van der Waals surface area (Å²) in [4.78, 5) is 1.84. The highest BCUT2D eigenvalue weighted by atomic mass is 19.4. The number of hydrogen-bond donors (Lipinski definition) is 0. The van der Waals surface area contributed by atoms with E-state index in [4.69, 9.17) is 0 Å². The minimum atomic E-state index is -4.55. The van der Waals surface area contributed by atoms with Gasteiger partial charge in [0.05, 0.1) is 5.56 Å². The van der Waals surface area contributed by atoms with E-state index >= 15 is 0 Å². The standard InChI is InChI=1S/C24H23F4N/c1-23(2,25)20-13-21(24(26,27)28)15-22(14-20)29(16-18-9-5-3-6-10-18)17-19-11-7-4-8-12-19/h3-15H,16-17H2,1-2H3. The molecule has 0 aliphatic carbocycles. The third kappa shape index (κ3) is 5.59. The Morgan fingerprint density at radius 3 is 1.52 bits per heavy atom. The molecule has 3 rings (SSSR count). The molecule has 0 saturated heterocycles. The summed E-state index contributed by atoms with van der Waals surface area (Å²) in [6, 6.07) is 22.5. The maximum Gasteiger partial charge on any atom is 0.416 e. The molecule has 29 heavy (non-hydrogen) atoms. The Hall–Kier alpha value is -2.82. The summed E-state index contributed by atoms with van der Waals surface area (Å²) in [5.74, 6) is 0. The van der Waals surface area contributed by atoms with Crippen LogP contribution in [0.3, 0.4) is 0 Å². The molecule has 0 saturated carbocycles. The van der Waals surface area contributed by atoms with E-state index in [1.54, 1.807) is 0 Å². The average molecular weight is 401 g/mol. The van der Waals surface area contributed by atoms with Crippen molar-refractivity contribution in [3.8, 4) is 0 Å². The van der Waals surface area contributed by atoms with Crippen molar-refractivity contribution >= 4 is 5.69 Å². The van der Waals surface area contributed by atoms with Crippen LogP contribution in [0.15, 0.2) is 78.9 Å². The molecule has 0 unspecified atom stereocenters. The van der Waals surface area contributed by atoms with Crippen LogP contribution in [0.2, 0.25) is 0 Å². The number of halogens is 4. The Morgan fingerprint density at radius 2 is 1.10 bits per heavy atom. The van der Waals surface area contributed by atoms with Gasteiger partial charge in [-0.15, -0.1) is 0 Å². The molecule has 0 aliphatic rings. The number of benzene rings is 3. The molecule has 0 N–H and O–H groups in total. The van der Waals surface area contributed by atoms with Crippen LogP contribution in [-0.4, -0.2) is 0 Å². The van der Waals surface area contributed by atoms with Crippen molar-refractivity contribution in [2.75, 3.05) is 4.90 Å². The molecule has 0 radical (unpaired) electrons. The monoisotopic (exact) mass is 401 g/mol. The van der Waals surface area contributed by atoms with Gasteiger partial charge in [0.25, 0.3) is 0 Å². The largest absolute Gasteiger partial charge is 0.416 e. The molecule has 5 heteroatoms. The van der Waals surface area contributed by atoms with Gasteiger partial charge in [0, 0.05) is 18.8 Å². The van der Waals surface area contributed by atoms with Gasteiger partial charge in [0.1, 0.15) is 5.67 Å². The average Bonchev–Trinajstić information content (AvgIpc) is 2.67. The first-order valence-electron chi connectivity index (χ1n) is 9.37. The first-order chi connectivity index (χ1) is 13.6. The van der Waals surface area contributed by atoms with Gasteiger partial charge >= 0.3 is 6.18 Å². The van der Waals surface area contributed by atoms with E-state index in [0.29, 0.717) is 18.8 Å². The van der Waals surface area contributed by atoms with Crippen LogP contribution in [0.25, 0.3) is 0 Å². The molecule has 0 amide bonds. The molecule has 152 valence electrons. The SMILES string of the molecule is CC(C)(F)c1cc(N(Cc2ccccc2)Cc2ccccc2)cc(C(F)(F)F)c1. The Labute approximate surface area is 168 Å². The minimum Gasteiger partial charge on any atom is -0.363 e. The second-order valence-electron chi connectivity index (χ2n) is 7.57. The smallest absolute Gasteiger partial charge is 0.363 e. The van der Waals surface area contributed by atoms with Gasteiger partial charge in [-0.05, 0) is 48.7 Å². The highest BCUT2D eigenvalue weighted by Crippen LogP contribution is 2.37. The van der Waals surface area contributed by atoms with Crippen LogP contribution in [0.1, 0.15) is 36.1 Å². The lowest BCUT2D eigenvalue weighted by molar-refractivity contribution is -0.137. The zero-order valence-corrected chi connectivity index (χ0v) is 16.4. The zero-order valence-electron chi connectivity index (χ0n) is 16.4. The van der Waals surface area contributed by atoms with Crippen LogP contribution in [0.4, 0.5) is 23.2 Å². The summed E-state index contributed by atoms with van der Waals surface area (Å²) in [6.45, 7) is 3.35. The molecule has 0 spiro atoms. The topological polar surface area (TPSA) is 3.24 Å². The summed E-state index contributed by atoms with van der Waals surface area (Å²) >= 11 is 0. The second-order valence-corrected chi connectivity index (χ2v) is 7.57. The number of rotatable bonds is 6. The van der Waals surface area contributed by atoms with Crippen LogP contribution in [0.5, 0.6) is 0 Å². The van der Waals surface area contributed by atoms with Crippen LogP contribution >= 0.6 is 0 Å². The molecule has 3 aromatic rings. The van der Waals surface area contributed by atoms with E-state index in [2.05, 4.69) is 0 Å². The summed E-state index contributed by atoms with van der Waals surface area (Å²) in [5.41, 5.74) is -0.464. The quantitative estimate of drug-likeness (QED) is 0.398. The lowest BCUT2D eigenvalue weighted by Crippen LogP contribution is -2.24. The molecule has 3 aromatic carbocycles. The minimum absolute atomic E-state index is 0.00782. The maximum atomic E-state index is 14.6. The van der Waals surface area contributed by atoms with Gasteiger partial charge in [-0.1, -0.05) is 60.7 Å². The van der Waals surface area contributed by atoms with Crippen LogP contribution in [0, 0.1) is 0 Å². The van der Waals surface area contributed by atoms with Crippen molar-refractivity contribution in [1.82, 2.24) is 0 Å². The van der Waals surface area contributed by atoms with Gasteiger partial charge < -0.3 is 4.90 Å². The Kier molecular flexibility index (Phi) is 5.96. The van der Waals surface area contributed by atoms with Crippen molar-refractivity contribution in [2.24, 2.45) is 0 Å². The third-order valence-corrected chi connectivity index (χ3v) is 4.73. The lowest BCUT2D eigenvalue weighted by Gasteiger charge is -2.28. The first kappa shape index (κ1) is 20.9. The fourth-order valence-electron chi connectivity index (χ4n) is 3.15. The van der Waals surface area contributed by atoms with Crippen LogP contribution < -0.4 is 4.90 Å². The maximum absolute atomic E-state index is 14.6. The lowest BCUT2D eigenvalue weighted by atomic mass is 9.96. The predicted molar refractivity (Wildman–Crippen MR) is 108 cm³/mol. The fourth-order valence-corrected chi connectivity index (χ4v) is 3.15. The molecule has 0 aromatic heterocycles.